The standard InChI is InChI=1S/C14H15NO4/c16-13-2-1-7-14(13)8-12(19-9-14)10-3-5-11(6-4-10)15(17)18/h3-6,12H,1-2,7-9H2/t12-,14-/m0/s1. The van der Waals surface area contributed by atoms with Crippen LogP contribution in [0.1, 0.15) is 37.4 Å². The Bertz CT molecular complexity index is 525. The molecule has 5 nitrogen and oxygen atoms in total. The number of ether oxygens (including phenoxy) is 1. The first-order valence-corrected chi connectivity index (χ1v) is 6.50. The number of rotatable bonds is 2. The summed E-state index contributed by atoms with van der Waals surface area (Å²) in [6, 6.07) is 6.42. The lowest BCUT2D eigenvalue weighted by atomic mass is 9.82. The van der Waals surface area contributed by atoms with E-state index in [0.717, 1.165) is 18.4 Å². The number of carbonyl (C=O) groups is 1. The fraction of sp³-hybridized carbons (Fsp3) is 0.500. The molecule has 1 spiro atoms. The van der Waals surface area contributed by atoms with Gasteiger partial charge in [-0.1, -0.05) is 0 Å². The predicted octanol–water partition coefficient (Wildman–Crippen LogP) is 2.80. The predicted molar refractivity (Wildman–Crippen MR) is 67.7 cm³/mol. The van der Waals surface area contributed by atoms with Crippen LogP contribution < -0.4 is 0 Å². The molecule has 0 unspecified atom stereocenters. The molecular weight excluding hydrogens is 246 g/mol. The number of non-ortho nitro benzene ring substituents is 1. The number of ketones is 1. The Labute approximate surface area is 110 Å². The van der Waals surface area contributed by atoms with Crippen molar-refractivity contribution in [2.75, 3.05) is 6.61 Å². The maximum atomic E-state index is 11.9. The van der Waals surface area contributed by atoms with Gasteiger partial charge in [0.25, 0.3) is 5.69 Å². The molecule has 5 heteroatoms. The van der Waals surface area contributed by atoms with Crippen LogP contribution in [0.5, 0.6) is 0 Å². The highest BCUT2D eigenvalue weighted by Crippen LogP contribution is 2.48. The molecule has 0 bridgehead atoms. The van der Waals surface area contributed by atoms with Crippen molar-refractivity contribution in [1.29, 1.82) is 0 Å². The van der Waals surface area contributed by atoms with E-state index in [1.54, 1.807) is 12.1 Å². The first-order valence-electron chi connectivity index (χ1n) is 6.50. The van der Waals surface area contributed by atoms with Crippen molar-refractivity contribution >= 4 is 11.5 Å². The van der Waals surface area contributed by atoms with E-state index in [4.69, 9.17) is 4.74 Å². The summed E-state index contributed by atoms with van der Waals surface area (Å²) in [7, 11) is 0. The zero-order valence-electron chi connectivity index (χ0n) is 10.5. The molecule has 2 atom stereocenters. The largest absolute Gasteiger partial charge is 0.372 e. The van der Waals surface area contributed by atoms with Crippen molar-refractivity contribution in [3.05, 3.63) is 39.9 Å². The van der Waals surface area contributed by atoms with Crippen LogP contribution in [0.15, 0.2) is 24.3 Å². The monoisotopic (exact) mass is 261 g/mol. The van der Waals surface area contributed by atoms with E-state index in [9.17, 15) is 14.9 Å². The third-order valence-corrected chi connectivity index (χ3v) is 4.26. The van der Waals surface area contributed by atoms with Crippen LogP contribution in [-0.4, -0.2) is 17.3 Å². The summed E-state index contributed by atoms with van der Waals surface area (Å²) >= 11 is 0. The summed E-state index contributed by atoms with van der Waals surface area (Å²) in [4.78, 5) is 22.1. The molecule has 2 fully saturated rings. The minimum Gasteiger partial charge on any atom is -0.372 e. The zero-order valence-corrected chi connectivity index (χ0v) is 10.5. The van der Waals surface area contributed by atoms with Gasteiger partial charge in [0, 0.05) is 18.6 Å². The summed E-state index contributed by atoms with van der Waals surface area (Å²) in [6.07, 6.45) is 3.13. The summed E-state index contributed by atoms with van der Waals surface area (Å²) < 4.78 is 5.76. The normalized spacial score (nSPS) is 30.1. The van der Waals surface area contributed by atoms with Gasteiger partial charge < -0.3 is 4.74 Å². The molecule has 1 saturated carbocycles. The van der Waals surface area contributed by atoms with Crippen molar-refractivity contribution in [1.82, 2.24) is 0 Å². The highest BCUT2D eigenvalue weighted by atomic mass is 16.6. The molecule has 1 aromatic carbocycles. The van der Waals surface area contributed by atoms with Gasteiger partial charge in [-0.2, -0.15) is 0 Å². The Kier molecular flexibility index (Phi) is 2.86. The molecule has 0 N–H and O–H groups in total. The highest BCUT2D eigenvalue weighted by molar-refractivity contribution is 5.87. The van der Waals surface area contributed by atoms with E-state index in [0.29, 0.717) is 25.2 Å². The Hall–Kier alpha value is -1.75. The average molecular weight is 261 g/mol. The Morgan fingerprint density at radius 2 is 2.05 bits per heavy atom. The first-order chi connectivity index (χ1) is 9.11. The lowest BCUT2D eigenvalue weighted by Gasteiger charge is -2.18. The number of nitrogens with zero attached hydrogens (tertiary/aromatic N) is 1. The van der Waals surface area contributed by atoms with Gasteiger partial charge in [-0.05, 0) is 37.0 Å². The Morgan fingerprint density at radius 3 is 2.63 bits per heavy atom. The molecule has 1 heterocycles. The maximum absolute atomic E-state index is 11.9. The summed E-state index contributed by atoms with van der Waals surface area (Å²) in [6.45, 7) is 0.494. The quantitative estimate of drug-likeness (QED) is 0.606. The van der Waals surface area contributed by atoms with E-state index in [1.807, 2.05) is 0 Å². The van der Waals surface area contributed by atoms with Crippen LogP contribution in [-0.2, 0) is 9.53 Å². The Morgan fingerprint density at radius 1 is 1.32 bits per heavy atom. The smallest absolute Gasteiger partial charge is 0.269 e. The first kappa shape index (κ1) is 12.3. The molecule has 1 aliphatic carbocycles. The number of benzene rings is 1. The van der Waals surface area contributed by atoms with Gasteiger partial charge in [-0.15, -0.1) is 0 Å². The van der Waals surface area contributed by atoms with Crippen molar-refractivity contribution in [2.24, 2.45) is 5.41 Å². The molecule has 3 rings (SSSR count). The van der Waals surface area contributed by atoms with Crippen molar-refractivity contribution in [3.8, 4) is 0 Å². The second-order valence-electron chi connectivity index (χ2n) is 5.41. The number of nitro groups is 1. The van der Waals surface area contributed by atoms with Crippen molar-refractivity contribution in [2.45, 2.75) is 31.8 Å². The number of Topliss-reactive ketones (excluding diaryl/α,β-unsaturated/α-hetero) is 1. The van der Waals surface area contributed by atoms with E-state index >= 15 is 0 Å². The molecule has 1 aliphatic heterocycles. The molecule has 0 radical (unpaired) electrons. The Balaban J connectivity index is 1.77. The second-order valence-corrected chi connectivity index (χ2v) is 5.41. The van der Waals surface area contributed by atoms with Gasteiger partial charge in [0.05, 0.1) is 23.0 Å². The molecular formula is C14H15NO4. The van der Waals surface area contributed by atoms with Crippen LogP contribution in [0.3, 0.4) is 0 Å². The topological polar surface area (TPSA) is 69.4 Å². The summed E-state index contributed by atoms with van der Waals surface area (Å²) in [5.74, 6) is 0.317. The van der Waals surface area contributed by atoms with E-state index in [2.05, 4.69) is 0 Å². The lowest BCUT2D eigenvalue weighted by Crippen LogP contribution is -2.25. The van der Waals surface area contributed by atoms with E-state index in [-0.39, 0.29) is 17.2 Å². The fourth-order valence-electron chi connectivity index (χ4n) is 3.12. The molecule has 1 aromatic rings. The van der Waals surface area contributed by atoms with Crippen LogP contribution in [0.4, 0.5) is 5.69 Å². The van der Waals surface area contributed by atoms with Gasteiger partial charge in [0.15, 0.2) is 0 Å². The number of carbonyl (C=O) groups excluding carboxylic acids is 1. The fourth-order valence-corrected chi connectivity index (χ4v) is 3.12. The number of hydrogen-bond acceptors (Lipinski definition) is 4. The van der Waals surface area contributed by atoms with Gasteiger partial charge in [-0.25, -0.2) is 0 Å². The average Bonchev–Trinajstić information content (AvgIpc) is 2.99. The molecule has 100 valence electrons. The van der Waals surface area contributed by atoms with E-state index < -0.39 is 4.92 Å². The number of hydrogen-bond donors (Lipinski definition) is 0. The maximum Gasteiger partial charge on any atom is 0.269 e. The van der Waals surface area contributed by atoms with Gasteiger partial charge in [-0.3, -0.25) is 14.9 Å². The minimum absolute atomic E-state index is 0.0772. The van der Waals surface area contributed by atoms with Crippen LogP contribution >= 0.6 is 0 Å². The molecule has 0 aromatic heterocycles. The molecule has 1 saturated heterocycles. The van der Waals surface area contributed by atoms with E-state index in [1.165, 1.54) is 12.1 Å². The SMILES string of the molecule is O=C1CCC[C@]12CO[C@H](c1ccc([N+](=O)[O-])cc1)C2. The van der Waals surface area contributed by atoms with Gasteiger partial charge in [0.2, 0.25) is 0 Å². The molecule has 0 amide bonds. The summed E-state index contributed by atoms with van der Waals surface area (Å²) in [5, 5.41) is 10.6. The number of nitro benzene ring substituents is 1. The minimum atomic E-state index is -0.415. The second kappa shape index (κ2) is 4.42. The van der Waals surface area contributed by atoms with Crippen LogP contribution in [0.25, 0.3) is 0 Å². The van der Waals surface area contributed by atoms with Gasteiger partial charge in [0.1, 0.15) is 5.78 Å². The summed E-state index contributed by atoms with van der Waals surface area (Å²) in [5.41, 5.74) is 0.711. The van der Waals surface area contributed by atoms with Crippen LogP contribution in [0, 0.1) is 15.5 Å². The third kappa shape index (κ3) is 2.04. The molecule has 2 aliphatic rings. The lowest BCUT2D eigenvalue weighted by molar-refractivity contribution is -0.384. The highest BCUT2D eigenvalue weighted by Gasteiger charge is 2.48. The van der Waals surface area contributed by atoms with Crippen LogP contribution in [0.2, 0.25) is 0 Å². The molecule has 19 heavy (non-hydrogen) atoms. The van der Waals surface area contributed by atoms with Gasteiger partial charge >= 0.3 is 0 Å². The zero-order chi connectivity index (χ0) is 13.5. The van der Waals surface area contributed by atoms with Crippen molar-refractivity contribution in [3.63, 3.8) is 0 Å². The van der Waals surface area contributed by atoms with Crippen molar-refractivity contribution < 1.29 is 14.5 Å². The third-order valence-electron chi connectivity index (χ3n) is 4.26.